The van der Waals surface area contributed by atoms with Gasteiger partial charge in [0.15, 0.2) is 0 Å². The summed E-state index contributed by atoms with van der Waals surface area (Å²) >= 11 is 0. The molecule has 0 amide bonds. The molecule has 1 atom stereocenters. The van der Waals surface area contributed by atoms with Crippen LogP contribution in [-0.4, -0.2) is 28.3 Å². The summed E-state index contributed by atoms with van der Waals surface area (Å²) in [5, 5.41) is 9.41. The van der Waals surface area contributed by atoms with E-state index in [0.29, 0.717) is 19.3 Å². The van der Waals surface area contributed by atoms with Crippen molar-refractivity contribution in [3.05, 3.63) is 48.2 Å². The van der Waals surface area contributed by atoms with Gasteiger partial charge in [-0.25, -0.2) is 4.79 Å². The maximum atomic E-state index is 11.5. The van der Waals surface area contributed by atoms with Gasteiger partial charge >= 0.3 is 5.97 Å². The molecular formula is C16H21NO3. The third-order valence-electron chi connectivity index (χ3n) is 2.94. The summed E-state index contributed by atoms with van der Waals surface area (Å²) in [6.07, 6.45) is 4.08. The molecular weight excluding hydrogens is 254 g/mol. The molecule has 20 heavy (non-hydrogen) atoms. The van der Waals surface area contributed by atoms with Gasteiger partial charge in [-0.15, -0.1) is 0 Å². The first-order chi connectivity index (χ1) is 9.54. The van der Waals surface area contributed by atoms with E-state index < -0.39 is 12.0 Å². The summed E-state index contributed by atoms with van der Waals surface area (Å²) in [5.74, 6) is -0.607. The normalized spacial score (nSPS) is 12.6. The van der Waals surface area contributed by atoms with E-state index in [-0.39, 0.29) is 5.92 Å². The van der Waals surface area contributed by atoms with Gasteiger partial charge in [0.25, 0.3) is 0 Å². The van der Waals surface area contributed by atoms with Gasteiger partial charge in [-0.05, 0) is 24.0 Å². The Kier molecular flexibility index (Phi) is 6.50. The monoisotopic (exact) mass is 275 g/mol. The molecule has 0 unspecified atom stereocenters. The molecule has 0 saturated heterocycles. The molecule has 0 saturated carbocycles. The molecule has 1 N–H and O–H groups in total. The zero-order chi connectivity index (χ0) is 15.0. The minimum absolute atomic E-state index is 0.263. The van der Waals surface area contributed by atoms with Crippen molar-refractivity contribution in [1.29, 1.82) is 0 Å². The summed E-state index contributed by atoms with van der Waals surface area (Å²) in [5.41, 5.74) is 1.01. The van der Waals surface area contributed by atoms with Crippen LogP contribution in [-0.2, 0) is 16.1 Å². The maximum absolute atomic E-state index is 11.5. The number of benzene rings is 1. The number of nitrogens with zero attached hydrogens (tertiary/aromatic N) is 1. The SMILES string of the molecule is CC(C)C[C@@H](C(=O)O)N(C=CC=O)Cc1ccccc1. The van der Waals surface area contributed by atoms with Crippen LogP contribution in [0.3, 0.4) is 0 Å². The molecule has 1 aromatic carbocycles. The van der Waals surface area contributed by atoms with Crippen LogP contribution < -0.4 is 0 Å². The van der Waals surface area contributed by atoms with Gasteiger partial charge in [0.2, 0.25) is 0 Å². The molecule has 4 heteroatoms. The predicted molar refractivity (Wildman–Crippen MR) is 78.1 cm³/mol. The highest BCUT2D eigenvalue weighted by Gasteiger charge is 2.24. The van der Waals surface area contributed by atoms with Crippen LogP contribution in [0.15, 0.2) is 42.6 Å². The van der Waals surface area contributed by atoms with E-state index in [9.17, 15) is 14.7 Å². The Hall–Kier alpha value is -2.10. The molecule has 0 aliphatic heterocycles. The van der Waals surface area contributed by atoms with Crippen molar-refractivity contribution in [2.75, 3.05) is 0 Å². The lowest BCUT2D eigenvalue weighted by molar-refractivity contribution is -0.143. The lowest BCUT2D eigenvalue weighted by Gasteiger charge is -2.28. The molecule has 0 bridgehead atoms. The largest absolute Gasteiger partial charge is 0.480 e. The summed E-state index contributed by atoms with van der Waals surface area (Å²) < 4.78 is 0. The maximum Gasteiger partial charge on any atom is 0.326 e. The first kappa shape index (κ1) is 16.0. The van der Waals surface area contributed by atoms with Gasteiger partial charge in [0.1, 0.15) is 12.3 Å². The van der Waals surface area contributed by atoms with Crippen LogP contribution in [0.4, 0.5) is 0 Å². The van der Waals surface area contributed by atoms with Crippen LogP contribution in [0.5, 0.6) is 0 Å². The topological polar surface area (TPSA) is 57.6 Å². The fraction of sp³-hybridized carbons (Fsp3) is 0.375. The molecule has 0 aromatic heterocycles. The van der Waals surface area contributed by atoms with Crippen molar-refractivity contribution >= 4 is 12.3 Å². The number of carboxylic acid groups (broad SMARTS) is 1. The Labute approximate surface area is 119 Å². The number of rotatable bonds is 8. The quantitative estimate of drug-likeness (QED) is 0.585. The molecule has 0 aliphatic rings. The molecule has 0 heterocycles. The van der Waals surface area contributed by atoms with Gasteiger partial charge in [-0.2, -0.15) is 0 Å². The highest BCUT2D eigenvalue weighted by molar-refractivity contribution is 5.74. The van der Waals surface area contributed by atoms with Crippen molar-refractivity contribution in [3.63, 3.8) is 0 Å². The molecule has 108 valence electrons. The number of hydrogen-bond donors (Lipinski definition) is 1. The highest BCUT2D eigenvalue weighted by Crippen LogP contribution is 2.16. The fourth-order valence-corrected chi connectivity index (χ4v) is 2.03. The van der Waals surface area contributed by atoms with E-state index in [2.05, 4.69) is 0 Å². The molecule has 0 aliphatic carbocycles. The zero-order valence-electron chi connectivity index (χ0n) is 11.9. The fourth-order valence-electron chi connectivity index (χ4n) is 2.03. The molecule has 0 radical (unpaired) electrons. The Morgan fingerprint density at radius 3 is 2.45 bits per heavy atom. The second-order valence-electron chi connectivity index (χ2n) is 5.12. The van der Waals surface area contributed by atoms with Crippen LogP contribution in [0.1, 0.15) is 25.8 Å². The van der Waals surface area contributed by atoms with E-state index in [1.807, 2.05) is 44.2 Å². The first-order valence-electron chi connectivity index (χ1n) is 6.69. The van der Waals surface area contributed by atoms with Gasteiger partial charge in [-0.1, -0.05) is 44.2 Å². The molecule has 1 rings (SSSR count). The van der Waals surface area contributed by atoms with Gasteiger partial charge in [-0.3, -0.25) is 4.79 Å². The lowest BCUT2D eigenvalue weighted by Crippen LogP contribution is -2.38. The van der Waals surface area contributed by atoms with Crippen molar-refractivity contribution in [2.45, 2.75) is 32.9 Å². The van der Waals surface area contributed by atoms with E-state index in [1.165, 1.54) is 6.08 Å². The van der Waals surface area contributed by atoms with Crippen LogP contribution >= 0.6 is 0 Å². The standard InChI is InChI=1S/C16H21NO3/c1-13(2)11-15(16(19)20)17(9-6-10-18)12-14-7-4-3-5-8-14/h3-10,13,15H,11-12H2,1-2H3,(H,19,20)/t15-/m0/s1. The average molecular weight is 275 g/mol. The number of carboxylic acids is 1. The highest BCUT2D eigenvalue weighted by atomic mass is 16.4. The van der Waals surface area contributed by atoms with Gasteiger partial charge in [0.05, 0.1) is 0 Å². The number of aliphatic carboxylic acids is 1. The first-order valence-corrected chi connectivity index (χ1v) is 6.69. The van der Waals surface area contributed by atoms with E-state index >= 15 is 0 Å². The second kappa shape index (κ2) is 8.15. The van der Waals surface area contributed by atoms with Gasteiger partial charge in [0, 0.05) is 12.7 Å². The molecule has 0 spiro atoms. The third-order valence-corrected chi connectivity index (χ3v) is 2.94. The summed E-state index contributed by atoms with van der Waals surface area (Å²) in [4.78, 5) is 23.7. The van der Waals surface area contributed by atoms with E-state index in [4.69, 9.17) is 0 Å². The minimum Gasteiger partial charge on any atom is -0.480 e. The van der Waals surface area contributed by atoms with Crippen molar-refractivity contribution < 1.29 is 14.7 Å². The average Bonchev–Trinajstić information content (AvgIpc) is 2.41. The van der Waals surface area contributed by atoms with Crippen molar-refractivity contribution in [1.82, 2.24) is 4.90 Å². The summed E-state index contributed by atoms with van der Waals surface area (Å²) in [7, 11) is 0. The van der Waals surface area contributed by atoms with Crippen LogP contribution in [0, 0.1) is 5.92 Å². The molecule has 4 nitrogen and oxygen atoms in total. The Balaban J connectivity index is 2.93. The number of allylic oxidation sites excluding steroid dienone is 1. The van der Waals surface area contributed by atoms with Crippen LogP contribution in [0.2, 0.25) is 0 Å². The van der Waals surface area contributed by atoms with Gasteiger partial charge < -0.3 is 10.0 Å². The molecule has 0 fully saturated rings. The lowest BCUT2D eigenvalue weighted by atomic mass is 10.0. The smallest absolute Gasteiger partial charge is 0.326 e. The summed E-state index contributed by atoms with van der Waals surface area (Å²) in [6.45, 7) is 4.44. The van der Waals surface area contributed by atoms with Crippen molar-refractivity contribution in [2.24, 2.45) is 5.92 Å². The Bertz CT molecular complexity index is 454. The predicted octanol–water partition coefficient (Wildman–Crippen LogP) is 2.70. The summed E-state index contributed by atoms with van der Waals surface area (Å²) in [6, 6.07) is 8.99. The number of carbonyl (C=O) groups is 2. The van der Waals surface area contributed by atoms with E-state index in [1.54, 1.807) is 11.1 Å². The second-order valence-corrected chi connectivity index (χ2v) is 5.12. The number of aldehydes is 1. The Morgan fingerprint density at radius 2 is 1.95 bits per heavy atom. The van der Waals surface area contributed by atoms with Crippen LogP contribution in [0.25, 0.3) is 0 Å². The minimum atomic E-state index is -0.870. The molecule has 1 aromatic rings. The number of carbonyl (C=O) groups excluding carboxylic acids is 1. The van der Waals surface area contributed by atoms with Crippen molar-refractivity contribution in [3.8, 4) is 0 Å². The number of hydrogen-bond acceptors (Lipinski definition) is 3. The zero-order valence-corrected chi connectivity index (χ0v) is 11.9. The van der Waals surface area contributed by atoms with E-state index in [0.717, 1.165) is 5.56 Å². The third kappa shape index (κ3) is 5.26. The Morgan fingerprint density at radius 1 is 1.30 bits per heavy atom.